The van der Waals surface area contributed by atoms with E-state index in [0.29, 0.717) is 0 Å². The molecule has 1 aromatic rings. The van der Waals surface area contributed by atoms with Crippen LogP contribution in [0.1, 0.15) is 20.7 Å². The van der Waals surface area contributed by atoms with E-state index in [1.165, 1.54) is 24.3 Å². The summed E-state index contributed by atoms with van der Waals surface area (Å²) in [5.41, 5.74) is 5.24. The van der Waals surface area contributed by atoms with Crippen LogP contribution in [-0.2, 0) is 5.11 Å². The molecule has 1 aromatic carbocycles. The van der Waals surface area contributed by atoms with Crippen molar-refractivity contribution in [3.8, 4) is 0 Å². The molecule has 1 rings (SSSR count). The van der Waals surface area contributed by atoms with Crippen molar-refractivity contribution in [3.05, 3.63) is 35.4 Å². The van der Waals surface area contributed by atoms with Gasteiger partial charge in [0, 0.05) is 5.56 Å². The van der Waals surface area contributed by atoms with E-state index in [2.05, 4.69) is 0 Å². The number of carbonyl (C=O) groups is 2. The van der Waals surface area contributed by atoms with Gasteiger partial charge in [-0.25, -0.2) is 9.90 Å². The predicted molar refractivity (Wildman–Crippen MR) is 40.0 cm³/mol. The zero-order chi connectivity index (χ0) is 9.14. The highest BCUT2D eigenvalue weighted by Gasteiger charge is 2.05. The molecule has 0 unspecified atom stereocenters. The van der Waals surface area contributed by atoms with Gasteiger partial charge in [-0.3, -0.25) is 4.79 Å². The number of rotatable bonds is 2. The van der Waals surface area contributed by atoms with Gasteiger partial charge in [0.05, 0.1) is 5.56 Å². The average molecular weight is 164 g/mol. The summed E-state index contributed by atoms with van der Waals surface area (Å²) in [6.07, 6.45) is 0. The van der Waals surface area contributed by atoms with Crippen molar-refractivity contribution in [2.75, 3.05) is 0 Å². The Morgan fingerprint density at radius 2 is 1.42 bits per heavy atom. The summed E-state index contributed by atoms with van der Waals surface area (Å²) < 4.78 is 0. The van der Waals surface area contributed by atoms with Crippen LogP contribution in [0.4, 0.5) is 0 Å². The number of primary amides is 1. The maximum atomic E-state index is 10.5. The highest BCUT2D eigenvalue weighted by atomic mass is 16.4. The maximum absolute atomic E-state index is 10.5. The molecule has 2 N–H and O–H groups in total. The van der Waals surface area contributed by atoms with Crippen LogP contribution in [-0.4, -0.2) is 11.9 Å². The molecule has 0 saturated carbocycles. The number of carbonyl (C=O) groups excluding carboxylic acids is 2. The monoisotopic (exact) mass is 164 g/mol. The number of hydrogen-bond acceptors (Lipinski definition) is 2. The lowest BCUT2D eigenvalue weighted by molar-refractivity contribution is 0.0573. The van der Waals surface area contributed by atoms with Crippen LogP contribution in [0, 0.1) is 0 Å². The quantitative estimate of drug-likeness (QED) is 0.684. The van der Waals surface area contributed by atoms with Crippen LogP contribution in [0.15, 0.2) is 24.3 Å². The van der Waals surface area contributed by atoms with Gasteiger partial charge in [0.1, 0.15) is 0 Å². The fraction of sp³-hybridized carbons (Fsp3) is 0. The van der Waals surface area contributed by atoms with Crippen molar-refractivity contribution >= 4 is 11.9 Å². The number of nitrogens with two attached hydrogens (primary N) is 1. The van der Waals surface area contributed by atoms with Crippen LogP contribution in [0.5, 0.6) is 0 Å². The van der Waals surface area contributed by atoms with Gasteiger partial charge in [0.15, 0.2) is 0 Å². The summed E-state index contributed by atoms with van der Waals surface area (Å²) in [5, 5.41) is 10.3. The summed E-state index contributed by atoms with van der Waals surface area (Å²) in [6.45, 7) is 0. The molecule has 0 aliphatic rings. The first-order valence-corrected chi connectivity index (χ1v) is 3.22. The predicted octanol–water partition coefficient (Wildman–Crippen LogP) is 0.356. The van der Waals surface area contributed by atoms with Gasteiger partial charge in [0.2, 0.25) is 5.91 Å². The van der Waals surface area contributed by atoms with Gasteiger partial charge < -0.3 is 5.73 Å². The lowest BCUT2D eigenvalue weighted by Gasteiger charge is -1.94. The Morgan fingerprint density at radius 1 is 1.00 bits per heavy atom. The highest BCUT2D eigenvalue weighted by Crippen LogP contribution is 2.03. The Morgan fingerprint density at radius 3 is 1.75 bits per heavy atom. The molecule has 0 aliphatic carbocycles. The zero-order valence-electron chi connectivity index (χ0n) is 6.11. The fourth-order valence-electron chi connectivity index (χ4n) is 0.771. The molecule has 61 valence electrons. The van der Waals surface area contributed by atoms with Gasteiger partial charge in [-0.05, 0) is 24.3 Å². The van der Waals surface area contributed by atoms with Crippen LogP contribution < -0.4 is 5.73 Å². The van der Waals surface area contributed by atoms with Gasteiger partial charge >= 0.3 is 5.97 Å². The van der Waals surface area contributed by atoms with E-state index in [-0.39, 0.29) is 11.1 Å². The van der Waals surface area contributed by atoms with Gasteiger partial charge in [0.25, 0.3) is 0 Å². The molecule has 0 aromatic heterocycles. The first kappa shape index (κ1) is 8.26. The summed E-state index contributed by atoms with van der Waals surface area (Å²) in [7, 11) is 0. The normalized spacial score (nSPS) is 9.33. The van der Waals surface area contributed by atoms with Gasteiger partial charge in [-0.15, -0.1) is 0 Å². The molecule has 0 spiro atoms. The minimum absolute atomic E-state index is 0.0278. The lowest BCUT2D eigenvalue weighted by Crippen LogP contribution is -2.10. The molecule has 1 amide bonds. The molecular weight excluding hydrogens is 158 g/mol. The molecule has 0 saturated heterocycles. The van der Waals surface area contributed by atoms with Gasteiger partial charge in [-0.1, -0.05) is 0 Å². The first-order valence-electron chi connectivity index (χ1n) is 3.22. The Labute approximate surface area is 68.6 Å². The molecule has 4 heteroatoms. The zero-order valence-corrected chi connectivity index (χ0v) is 6.11. The summed E-state index contributed by atoms with van der Waals surface area (Å²) in [5.74, 6) is -1.86. The third-order valence-electron chi connectivity index (χ3n) is 1.41. The average Bonchev–Trinajstić information content (AvgIpc) is 2.04. The Balaban J connectivity index is 3.01. The summed E-state index contributed by atoms with van der Waals surface area (Å²) in [4.78, 5) is 20.8. The molecule has 0 atom stereocenters. The minimum atomic E-state index is -1.27. The second-order valence-corrected chi connectivity index (χ2v) is 2.23. The van der Waals surface area contributed by atoms with Crippen LogP contribution >= 0.6 is 0 Å². The standard InChI is InChI=1S/C8H6NO3/c9-7(10)5-1-3-6(4-2-5)8(11)12/h1-4H,(H2,9,10). The molecule has 0 aliphatic heterocycles. The number of benzene rings is 1. The fourth-order valence-corrected chi connectivity index (χ4v) is 0.771. The van der Waals surface area contributed by atoms with Crippen molar-refractivity contribution < 1.29 is 14.7 Å². The van der Waals surface area contributed by atoms with E-state index < -0.39 is 11.9 Å². The van der Waals surface area contributed by atoms with Crippen LogP contribution in [0.2, 0.25) is 0 Å². The van der Waals surface area contributed by atoms with Crippen molar-refractivity contribution in [1.82, 2.24) is 0 Å². The van der Waals surface area contributed by atoms with E-state index in [9.17, 15) is 14.7 Å². The first-order chi connectivity index (χ1) is 5.61. The topological polar surface area (TPSA) is 80.1 Å². The maximum Gasteiger partial charge on any atom is 0.386 e. The third-order valence-corrected chi connectivity index (χ3v) is 1.41. The van der Waals surface area contributed by atoms with E-state index in [1.54, 1.807) is 0 Å². The van der Waals surface area contributed by atoms with E-state index >= 15 is 0 Å². The van der Waals surface area contributed by atoms with E-state index in [0.717, 1.165) is 0 Å². The molecule has 1 radical (unpaired) electrons. The van der Waals surface area contributed by atoms with E-state index in [4.69, 9.17) is 5.73 Å². The van der Waals surface area contributed by atoms with Crippen molar-refractivity contribution in [2.45, 2.75) is 0 Å². The largest absolute Gasteiger partial charge is 0.386 e. The molecular formula is C8H6NO3. The SMILES string of the molecule is NC(=O)c1ccc(C([O])=O)cc1. The second-order valence-electron chi connectivity index (χ2n) is 2.23. The molecule has 0 heterocycles. The molecule has 0 fully saturated rings. The Kier molecular flexibility index (Phi) is 2.09. The van der Waals surface area contributed by atoms with Crippen molar-refractivity contribution in [2.24, 2.45) is 5.73 Å². The smallest absolute Gasteiger partial charge is 0.366 e. The molecule has 4 nitrogen and oxygen atoms in total. The number of hydrogen-bond donors (Lipinski definition) is 1. The molecule has 0 bridgehead atoms. The summed E-state index contributed by atoms with van der Waals surface area (Å²) in [6, 6.07) is 5.23. The van der Waals surface area contributed by atoms with Crippen LogP contribution in [0.3, 0.4) is 0 Å². The Hall–Kier alpha value is -1.84. The molecule has 12 heavy (non-hydrogen) atoms. The third kappa shape index (κ3) is 1.60. The highest BCUT2D eigenvalue weighted by molar-refractivity contribution is 5.94. The van der Waals surface area contributed by atoms with Crippen molar-refractivity contribution in [3.63, 3.8) is 0 Å². The second kappa shape index (κ2) is 3.04. The Bertz CT molecular complexity index is 283. The van der Waals surface area contributed by atoms with Crippen LogP contribution in [0.25, 0.3) is 0 Å². The van der Waals surface area contributed by atoms with Gasteiger partial charge in [-0.2, -0.15) is 0 Å². The van der Waals surface area contributed by atoms with Crippen molar-refractivity contribution in [1.29, 1.82) is 0 Å². The summed E-state index contributed by atoms with van der Waals surface area (Å²) >= 11 is 0. The van der Waals surface area contributed by atoms with E-state index in [1.807, 2.05) is 0 Å². The lowest BCUT2D eigenvalue weighted by atomic mass is 10.1. The number of amides is 1. The minimum Gasteiger partial charge on any atom is -0.366 e.